The van der Waals surface area contributed by atoms with Gasteiger partial charge in [0.25, 0.3) is 0 Å². The van der Waals surface area contributed by atoms with Crippen LogP contribution in [0, 0.1) is 5.41 Å². The van der Waals surface area contributed by atoms with Crippen molar-refractivity contribution in [1.29, 1.82) is 0 Å². The second-order valence-electron chi connectivity index (χ2n) is 7.05. The van der Waals surface area contributed by atoms with Crippen LogP contribution in [-0.2, 0) is 25.8 Å². The van der Waals surface area contributed by atoms with Gasteiger partial charge in [-0.05, 0) is 44.4 Å². The molecule has 2 N–H and O–H groups in total. The first kappa shape index (κ1) is 20.2. The van der Waals surface area contributed by atoms with E-state index >= 15 is 0 Å². The fourth-order valence-electron chi connectivity index (χ4n) is 2.71. The largest absolute Gasteiger partial charge is 0.497 e. The van der Waals surface area contributed by atoms with Gasteiger partial charge in [0, 0.05) is 12.6 Å². The summed E-state index contributed by atoms with van der Waals surface area (Å²) >= 11 is 0. The number of hydrogen-bond donors (Lipinski definition) is 2. The Morgan fingerprint density at radius 3 is 2.38 bits per heavy atom. The van der Waals surface area contributed by atoms with Gasteiger partial charge in [0.2, 0.25) is 11.8 Å². The summed E-state index contributed by atoms with van der Waals surface area (Å²) in [6, 6.07) is 7.13. The van der Waals surface area contributed by atoms with Crippen LogP contribution in [0.15, 0.2) is 24.3 Å². The molecule has 0 saturated carbocycles. The number of carbonyl (C=O) groups is 2. The van der Waals surface area contributed by atoms with Gasteiger partial charge in [0.05, 0.1) is 18.6 Å². The van der Waals surface area contributed by atoms with Gasteiger partial charge >= 0.3 is 0 Å². The van der Waals surface area contributed by atoms with Gasteiger partial charge in [-0.15, -0.1) is 0 Å². The van der Waals surface area contributed by atoms with Crippen molar-refractivity contribution in [2.24, 2.45) is 5.41 Å². The first-order chi connectivity index (χ1) is 12.1. The normalized spacial score (nSPS) is 19.0. The van der Waals surface area contributed by atoms with Gasteiger partial charge < -0.3 is 15.4 Å². The number of ether oxygens (including phenoxy) is 1. The summed E-state index contributed by atoms with van der Waals surface area (Å²) in [5, 5.41) is 5.46. The van der Waals surface area contributed by atoms with Gasteiger partial charge in [0.1, 0.15) is 11.2 Å². The molecule has 0 aliphatic carbocycles. The lowest BCUT2D eigenvalue weighted by Gasteiger charge is -2.24. The van der Waals surface area contributed by atoms with Crippen molar-refractivity contribution in [2.45, 2.75) is 32.7 Å². The molecule has 1 aliphatic heterocycles. The Kier molecular flexibility index (Phi) is 6.28. The van der Waals surface area contributed by atoms with Crippen molar-refractivity contribution in [3.05, 3.63) is 29.8 Å². The van der Waals surface area contributed by atoms with Crippen LogP contribution in [0.3, 0.4) is 0 Å². The van der Waals surface area contributed by atoms with E-state index in [1.807, 2.05) is 24.3 Å². The summed E-state index contributed by atoms with van der Waals surface area (Å²) < 4.78 is 28.1. The Balaban J connectivity index is 1.83. The Bertz CT molecular complexity index is 756. The number of hydrogen-bond acceptors (Lipinski definition) is 5. The average Bonchev–Trinajstić information content (AvgIpc) is 2.93. The van der Waals surface area contributed by atoms with E-state index < -0.39 is 27.2 Å². The first-order valence-corrected chi connectivity index (χ1v) is 10.4. The number of amides is 2. The van der Waals surface area contributed by atoms with Crippen LogP contribution < -0.4 is 15.4 Å². The lowest BCUT2D eigenvalue weighted by Crippen LogP contribution is -2.51. The quantitative estimate of drug-likeness (QED) is 0.676. The molecule has 1 fully saturated rings. The predicted molar refractivity (Wildman–Crippen MR) is 98.7 cm³/mol. The maximum absolute atomic E-state index is 12.4. The smallest absolute Gasteiger partial charge is 0.235 e. The molecule has 1 aromatic rings. The number of nitrogens with one attached hydrogen (secondary N) is 2. The maximum Gasteiger partial charge on any atom is 0.235 e. The minimum Gasteiger partial charge on any atom is -0.497 e. The third kappa shape index (κ3) is 5.20. The summed E-state index contributed by atoms with van der Waals surface area (Å²) in [6.07, 6.45) is 1.03. The number of benzene rings is 1. The van der Waals surface area contributed by atoms with Crippen LogP contribution >= 0.6 is 0 Å². The third-order valence-electron chi connectivity index (χ3n) is 4.56. The number of rotatable bonds is 7. The molecule has 1 aromatic carbocycles. The zero-order chi connectivity index (χ0) is 19.4. The van der Waals surface area contributed by atoms with E-state index in [1.54, 1.807) is 7.11 Å². The Morgan fingerprint density at radius 2 is 1.85 bits per heavy atom. The van der Waals surface area contributed by atoms with Crippen molar-refractivity contribution in [3.63, 3.8) is 0 Å². The molecule has 26 heavy (non-hydrogen) atoms. The Morgan fingerprint density at radius 1 is 1.19 bits per heavy atom. The van der Waals surface area contributed by atoms with Gasteiger partial charge in [-0.3, -0.25) is 9.59 Å². The lowest BCUT2D eigenvalue weighted by atomic mass is 9.90. The molecule has 7 nitrogen and oxygen atoms in total. The molecule has 1 saturated heterocycles. The summed E-state index contributed by atoms with van der Waals surface area (Å²) in [5.74, 6) is -0.0594. The van der Waals surface area contributed by atoms with Crippen molar-refractivity contribution in [1.82, 2.24) is 10.6 Å². The molecule has 1 unspecified atom stereocenters. The highest BCUT2D eigenvalue weighted by Crippen LogP contribution is 2.19. The van der Waals surface area contributed by atoms with Crippen LogP contribution in [0.2, 0.25) is 0 Å². The van der Waals surface area contributed by atoms with Gasteiger partial charge in [0.15, 0.2) is 9.84 Å². The van der Waals surface area contributed by atoms with E-state index in [2.05, 4.69) is 10.6 Å². The van der Waals surface area contributed by atoms with E-state index in [-0.39, 0.29) is 17.4 Å². The highest BCUT2D eigenvalue weighted by atomic mass is 32.2. The average molecular weight is 382 g/mol. The van der Waals surface area contributed by atoms with Crippen molar-refractivity contribution < 1.29 is 22.7 Å². The minimum absolute atomic E-state index is 0.0616. The summed E-state index contributed by atoms with van der Waals surface area (Å²) in [6.45, 7) is 3.47. The lowest BCUT2D eigenvalue weighted by molar-refractivity contribution is -0.141. The van der Waals surface area contributed by atoms with Crippen LogP contribution in [-0.4, -0.2) is 51.4 Å². The topological polar surface area (TPSA) is 102 Å². The Hall–Kier alpha value is -2.09. The zero-order valence-electron chi connectivity index (χ0n) is 15.4. The second-order valence-corrected chi connectivity index (χ2v) is 9.28. The van der Waals surface area contributed by atoms with Crippen LogP contribution in [0.25, 0.3) is 0 Å². The van der Waals surface area contributed by atoms with Crippen LogP contribution in [0.1, 0.15) is 25.8 Å². The van der Waals surface area contributed by atoms with E-state index in [1.165, 1.54) is 13.8 Å². The highest BCUT2D eigenvalue weighted by molar-refractivity contribution is 7.91. The van der Waals surface area contributed by atoms with E-state index in [0.29, 0.717) is 19.4 Å². The standard InChI is InChI=1S/C18H26N2O5S/c1-18(2,17(22)20-14-9-11-26(23,24)12-14)16(21)19-10-8-13-4-6-15(25-3)7-5-13/h4-7,14H,8-12H2,1-3H3,(H,19,21)(H,20,22). The van der Waals surface area contributed by atoms with Gasteiger partial charge in [-0.1, -0.05) is 12.1 Å². The van der Waals surface area contributed by atoms with Crippen molar-refractivity contribution in [2.75, 3.05) is 25.2 Å². The molecule has 1 atom stereocenters. The molecule has 8 heteroatoms. The molecular formula is C18H26N2O5S. The molecule has 0 spiro atoms. The minimum atomic E-state index is -3.08. The molecule has 2 amide bonds. The highest BCUT2D eigenvalue weighted by Gasteiger charge is 2.38. The monoisotopic (exact) mass is 382 g/mol. The predicted octanol–water partition coefficient (Wildman–Crippen LogP) is 0.683. The van der Waals surface area contributed by atoms with Crippen molar-refractivity contribution >= 4 is 21.7 Å². The van der Waals surface area contributed by atoms with Crippen LogP contribution in [0.5, 0.6) is 5.75 Å². The maximum atomic E-state index is 12.4. The fraction of sp³-hybridized carbons (Fsp3) is 0.556. The molecule has 144 valence electrons. The Labute approximate surface area is 154 Å². The van der Waals surface area contributed by atoms with Gasteiger partial charge in [-0.25, -0.2) is 8.42 Å². The molecule has 0 radical (unpaired) electrons. The number of carbonyl (C=O) groups excluding carboxylic acids is 2. The summed E-state index contributed by atoms with van der Waals surface area (Å²) in [5.41, 5.74) is -0.226. The molecule has 0 bridgehead atoms. The summed E-state index contributed by atoms with van der Waals surface area (Å²) in [4.78, 5) is 24.8. The third-order valence-corrected chi connectivity index (χ3v) is 6.33. The first-order valence-electron chi connectivity index (χ1n) is 8.56. The zero-order valence-corrected chi connectivity index (χ0v) is 16.2. The SMILES string of the molecule is COc1ccc(CCNC(=O)C(C)(C)C(=O)NC2CCS(=O)(=O)C2)cc1. The van der Waals surface area contributed by atoms with E-state index in [9.17, 15) is 18.0 Å². The number of sulfone groups is 1. The van der Waals surface area contributed by atoms with Gasteiger partial charge in [-0.2, -0.15) is 0 Å². The van der Waals surface area contributed by atoms with E-state index in [4.69, 9.17) is 4.74 Å². The van der Waals surface area contributed by atoms with E-state index in [0.717, 1.165) is 11.3 Å². The number of methoxy groups -OCH3 is 1. The molecule has 1 heterocycles. The summed E-state index contributed by atoms with van der Waals surface area (Å²) in [7, 11) is -1.48. The fourth-order valence-corrected chi connectivity index (χ4v) is 4.38. The molecule has 0 aromatic heterocycles. The van der Waals surface area contributed by atoms with Crippen LogP contribution in [0.4, 0.5) is 0 Å². The van der Waals surface area contributed by atoms with Crippen molar-refractivity contribution in [3.8, 4) is 5.75 Å². The second kappa shape index (κ2) is 8.07. The molecular weight excluding hydrogens is 356 g/mol. The molecule has 1 aliphatic rings. The molecule has 2 rings (SSSR count).